The molecule has 2 heteroatoms. The Hall–Kier alpha value is -2.32. The van der Waals surface area contributed by atoms with E-state index in [1.165, 1.54) is 42.1 Å². The number of benzene rings is 2. The van der Waals surface area contributed by atoms with E-state index >= 15 is 0 Å². The summed E-state index contributed by atoms with van der Waals surface area (Å²) in [7, 11) is 0. The molecule has 0 bridgehead atoms. The lowest BCUT2D eigenvalue weighted by atomic mass is 10.1. The van der Waals surface area contributed by atoms with Crippen LogP contribution < -0.4 is 0 Å². The van der Waals surface area contributed by atoms with Gasteiger partial charge in [-0.2, -0.15) is 0 Å². The third-order valence-corrected chi connectivity index (χ3v) is 5.12. The van der Waals surface area contributed by atoms with Crippen molar-refractivity contribution >= 4 is 17.0 Å². The highest BCUT2D eigenvalue weighted by molar-refractivity contribution is 5.83. The monoisotopic (exact) mass is 361 g/mol. The molecule has 1 aromatic heterocycles. The standard InChI is InChI=1S/C25H31NO/c1-2-3-4-5-9-15-24(27)18-17-23-19-22-14-10-11-16-25(22)26(23)20-21-12-7-6-8-13-21/h6-8,10-14,16-19,24,27H,2-5,9,15,20H2,1H3. The van der Waals surface area contributed by atoms with Gasteiger partial charge in [-0.3, -0.25) is 0 Å². The summed E-state index contributed by atoms with van der Waals surface area (Å²) in [5.74, 6) is 0. The van der Waals surface area contributed by atoms with Gasteiger partial charge in [0.25, 0.3) is 0 Å². The molecular formula is C25H31NO. The molecule has 27 heavy (non-hydrogen) atoms. The molecule has 2 nitrogen and oxygen atoms in total. The Kier molecular flexibility index (Phi) is 7.29. The smallest absolute Gasteiger partial charge is 0.0724 e. The van der Waals surface area contributed by atoms with Gasteiger partial charge >= 0.3 is 0 Å². The van der Waals surface area contributed by atoms with Gasteiger partial charge in [0.2, 0.25) is 0 Å². The van der Waals surface area contributed by atoms with E-state index in [4.69, 9.17) is 0 Å². The van der Waals surface area contributed by atoms with E-state index < -0.39 is 0 Å². The summed E-state index contributed by atoms with van der Waals surface area (Å²) in [6, 6.07) is 21.2. The van der Waals surface area contributed by atoms with Gasteiger partial charge in [-0.25, -0.2) is 0 Å². The Morgan fingerprint density at radius 3 is 2.48 bits per heavy atom. The average molecular weight is 362 g/mol. The normalized spacial score (nSPS) is 12.8. The maximum Gasteiger partial charge on any atom is 0.0724 e. The van der Waals surface area contributed by atoms with E-state index in [9.17, 15) is 5.11 Å². The Morgan fingerprint density at radius 2 is 1.67 bits per heavy atom. The highest BCUT2D eigenvalue weighted by Crippen LogP contribution is 2.23. The van der Waals surface area contributed by atoms with Crippen LogP contribution in [0.15, 0.2) is 66.7 Å². The van der Waals surface area contributed by atoms with Crippen LogP contribution in [0, 0.1) is 0 Å². The zero-order valence-electron chi connectivity index (χ0n) is 16.3. The van der Waals surface area contributed by atoms with Crippen LogP contribution in [0.25, 0.3) is 17.0 Å². The van der Waals surface area contributed by atoms with E-state index in [-0.39, 0.29) is 6.10 Å². The summed E-state index contributed by atoms with van der Waals surface area (Å²) in [5, 5.41) is 11.6. The van der Waals surface area contributed by atoms with E-state index in [2.05, 4.69) is 78.2 Å². The number of aromatic nitrogens is 1. The molecule has 0 aliphatic heterocycles. The predicted octanol–water partition coefficient (Wildman–Crippen LogP) is 6.42. The van der Waals surface area contributed by atoms with Gasteiger partial charge in [0.15, 0.2) is 0 Å². The Bertz CT molecular complexity index is 847. The van der Waals surface area contributed by atoms with Crippen molar-refractivity contribution in [3.05, 3.63) is 78.0 Å². The number of para-hydroxylation sites is 1. The van der Waals surface area contributed by atoms with Crippen molar-refractivity contribution in [2.75, 3.05) is 0 Å². The number of hydrogen-bond donors (Lipinski definition) is 1. The van der Waals surface area contributed by atoms with Crippen LogP contribution in [-0.4, -0.2) is 15.8 Å². The van der Waals surface area contributed by atoms with Gasteiger partial charge < -0.3 is 9.67 Å². The number of nitrogens with zero attached hydrogens (tertiary/aromatic N) is 1. The SMILES string of the molecule is CCCCCCCC(O)C=Cc1cc2ccccc2n1Cc1ccccc1. The Balaban J connectivity index is 1.72. The van der Waals surface area contributed by atoms with Crippen LogP contribution in [0.3, 0.4) is 0 Å². The molecule has 0 fully saturated rings. The fourth-order valence-corrected chi connectivity index (χ4v) is 3.58. The van der Waals surface area contributed by atoms with Gasteiger partial charge in [0, 0.05) is 23.1 Å². The molecule has 0 saturated carbocycles. The van der Waals surface area contributed by atoms with Crippen LogP contribution in [0.4, 0.5) is 0 Å². The maximum absolute atomic E-state index is 10.3. The van der Waals surface area contributed by atoms with Crippen molar-refractivity contribution in [1.29, 1.82) is 0 Å². The lowest BCUT2D eigenvalue weighted by Gasteiger charge is -2.10. The molecule has 142 valence electrons. The van der Waals surface area contributed by atoms with Gasteiger partial charge in [-0.15, -0.1) is 0 Å². The second-order valence-corrected chi connectivity index (χ2v) is 7.33. The number of unbranched alkanes of at least 4 members (excludes halogenated alkanes) is 4. The molecule has 0 radical (unpaired) electrons. The third-order valence-electron chi connectivity index (χ3n) is 5.12. The van der Waals surface area contributed by atoms with Crippen molar-refractivity contribution in [2.45, 2.75) is 58.1 Å². The highest BCUT2D eigenvalue weighted by Gasteiger charge is 2.08. The summed E-state index contributed by atoms with van der Waals surface area (Å²) < 4.78 is 2.33. The molecule has 0 spiro atoms. The number of aliphatic hydroxyl groups is 1. The molecule has 1 unspecified atom stereocenters. The molecule has 0 saturated heterocycles. The van der Waals surface area contributed by atoms with Gasteiger partial charge in [0.1, 0.15) is 0 Å². The number of fused-ring (bicyclic) bond motifs is 1. The van der Waals surface area contributed by atoms with Gasteiger partial charge in [0.05, 0.1) is 6.10 Å². The minimum Gasteiger partial charge on any atom is -0.389 e. The van der Waals surface area contributed by atoms with Crippen LogP contribution in [0.5, 0.6) is 0 Å². The summed E-state index contributed by atoms with van der Waals surface area (Å²) in [5.41, 5.74) is 3.66. The van der Waals surface area contributed by atoms with Crippen molar-refractivity contribution < 1.29 is 5.11 Å². The zero-order chi connectivity index (χ0) is 18.9. The molecule has 0 aliphatic rings. The van der Waals surface area contributed by atoms with E-state index in [1.54, 1.807) is 0 Å². The summed E-state index contributed by atoms with van der Waals surface area (Å²) in [6.45, 7) is 3.06. The fourth-order valence-electron chi connectivity index (χ4n) is 3.58. The third kappa shape index (κ3) is 5.58. The molecule has 1 heterocycles. The quantitative estimate of drug-likeness (QED) is 0.414. The van der Waals surface area contributed by atoms with E-state index in [1.807, 2.05) is 6.08 Å². The van der Waals surface area contributed by atoms with Crippen molar-refractivity contribution in [1.82, 2.24) is 4.57 Å². The van der Waals surface area contributed by atoms with Crippen molar-refractivity contribution in [3.63, 3.8) is 0 Å². The van der Waals surface area contributed by atoms with Gasteiger partial charge in [-0.05, 0) is 30.2 Å². The topological polar surface area (TPSA) is 25.2 Å². The second-order valence-electron chi connectivity index (χ2n) is 7.33. The first kappa shape index (κ1) is 19.4. The molecule has 0 amide bonds. The zero-order valence-corrected chi connectivity index (χ0v) is 16.3. The number of rotatable bonds is 10. The van der Waals surface area contributed by atoms with E-state index in [0.717, 1.165) is 25.1 Å². The molecule has 2 aromatic carbocycles. The molecule has 3 aromatic rings. The van der Waals surface area contributed by atoms with E-state index in [0.29, 0.717) is 0 Å². The minimum absolute atomic E-state index is 0.366. The Labute approximate surface area is 163 Å². The first-order valence-corrected chi connectivity index (χ1v) is 10.3. The lowest BCUT2D eigenvalue weighted by molar-refractivity contribution is 0.209. The number of hydrogen-bond acceptors (Lipinski definition) is 1. The first-order chi connectivity index (χ1) is 13.3. The highest BCUT2D eigenvalue weighted by atomic mass is 16.3. The van der Waals surface area contributed by atoms with Crippen molar-refractivity contribution in [3.8, 4) is 0 Å². The van der Waals surface area contributed by atoms with Crippen LogP contribution in [-0.2, 0) is 6.54 Å². The van der Waals surface area contributed by atoms with Crippen LogP contribution in [0.1, 0.15) is 56.7 Å². The second kappa shape index (κ2) is 10.1. The van der Waals surface area contributed by atoms with Gasteiger partial charge in [-0.1, -0.05) is 93.6 Å². The average Bonchev–Trinajstić information content (AvgIpc) is 3.04. The maximum atomic E-state index is 10.3. The summed E-state index contributed by atoms with van der Waals surface area (Å²) in [6.07, 6.45) is 10.7. The largest absolute Gasteiger partial charge is 0.389 e. The fraction of sp³-hybridized carbons (Fsp3) is 0.360. The Morgan fingerprint density at radius 1 is 0.926 bits per heavy atom. The summed E-state index contributed by atoms with van der Waals surface area (Å²) in [4.78, 5) is 0. The van der Waals surface area contributed by atoms with Crippen LogP contribution in [0.2, 0.25) is 0 Å². The first-order valence-electron chi connectivity index (χ1n) is 10.3. The molecule has 1 atom stereocenters. The number of aliphatic hydroxyl groups excluding tert-OH is 1. The summed E-state index contributed by atoms with van der Waals surface area (Å²) >= 11 is 0. The minimum atomic E-state index is -0.366. The predicted molar refractivity (Wildman–Crippen MR) is 116 cm³/mol. The molecular weight excluding hydrogens is 330 g/mol. The molecule has 3 rings (SSSR count). The molecule has 1 N–H and O–H groups in total. The van der Waals surface area contributed by atoms with Crippen LogP contribution >= 0.6 is 0 Å². The van der Waals surface area contributed by atoms with Crippen molar-refractivity contribution in [2.24, 2.45) is 0 Å². The lowest BCUT2D eigenvalue weighted by Crippen LogP contribution is -2.04. The molecule has 0 aliphatic carbocycles.